The van der Waals surface area contributed by atoms with Gasteiger partial charge in [-0.1, -0.05) is 24.3 Å². The Kier molecular flexibility index (Phi) is 10.8. The van der Waals surface area contributed by atoms with Crippen LogP contribution in [0, 0.1) is 18.8 Å². The summed E-state index contributed by atoms with van der Waals surface area (Å²) in [5, 5.41) is 17.5. The van der Waals surface area contributed by atoms with E-state index in [-0.39, 0.29) is 36.2 Å². The second-order valence-electron chi connectivity index (χ2n) is 13.8. The quantitative estimate of drug-likeness (QED) is 0.205. The van der Waals surface area contributed by atoms with Gasteiger partial charge in [-0.05, 0) is 118 Å². The largest absolute Gasteiger partial charge is 0.334 e. The van der Waals surface area contributed by atoms with Gasteiger partial charge in [-0.25, -0.2) is 4.90 Å². The van der Waals surface area contributed by atoms with Crippen molar-refractivity contribution in [2.24, 2.45) is 23.3 Å². The number of benzene rings is 2. The summed E-state index contributed by atoms with van der Waals surface area (Å²) in [4.78, 5) is 48.8. The van der Waals surface area contributed by atoms with E-state index in [1.165, 1.54) is 4.90 Å². The highest BCUT2D eigenvalue weighted by Gasteiger charge is 2.35. The van der Waals surface area contributed by atoms with Gasteiger partial charge in [0.05, 0.1) is 11.7 Å². The Bertz CT molecular complexity index is 1780. The van der Waals surface area contributed by atoms with Crippen LogP contribution in [0.1, 0.15) is 61.1 Å². The predicted octanol–water partition coefficient (Wildman–Crippen LogP) is 3.25. The molecule has 0 spiro atoms. The molecule has 1 saturated carbocycles. The Balaban J connectivity index is 1.16. The van der Waals surface area contributed by atoms with Crippen molar-refractivity contribution in [1.82, 2.24) is 35.8 Å². The molecule has 4 aromatic rings. The number of aromatic amines is 1. The average molecular weight is 679 g/mol. The van der Waals surface area contributed by atoms with E-state index >= 15 is 0 Å². The van der Waals surface area contributed by atoms with Crippen LogP contribution >= 0.6 is 0 Å². The van der Waals surface area contributed by atoms with E-state index in [0.29, 0.717) is 61.2 Å². The number of nitrogens with one attached hydrogen (secondary N) is 2. The number of piperazine rings is 1. The van der Waals surface area contributed by atoms with Crippen molar-refractivity contribution in [3.63, 3.8) is 0 Å². The Morgan fingerprint density at radius 2 is 1.62 bits per heavy atom. The average Bonchev–Trinajstić information content (AvgIpc) is 3.67. The standard InChI is InChI=1S/C37H46N10O3/c1-22-16-33(37(50)46-20-23(2)41-24(3)21-46)40-19-31(22)27-8-4-25(5-9-27)17-32(39)36(49)47(35(48)29-10-6-26(18-38)7-11-29)30-14-12-28(13-15-30)34-42-44-45-43-34/h4-5,8-9,12-16,19,23-24,26,29,32,41H,6-7,10-11,17-18,20-21,38-39H2,1-3H3,(H,42,43,44,45)/t23?,24?,26?,29?,32-/m0/s1. The van der Waals surface area contributed by atoms with Crippen molar-refractivity contribution < 1.29 is 14.4 Å². The van der Waals surface area contributed by atoms with Crippen LogP contribution in [0.5, 0.6) is 0 Å². The first-order valence-electron chi connectivity index (χ1n) is 17.4. The summed E-state index contributed by atoms with van der Waals surface area (Å²) in [7, 11) is 0. The monoisotopic (exact) mass is 678 g/mol. The molecule has 3 heterocycles. The zero-order valence-corrected chi connectivity index (χ0v) is 28.9. The smallest absolute Gasteiger partial charge is 0.272 e. The number of nitrogens with two attached hydrogens (primary N) is 2. The van der Waals surface area contributed by atoms with Crippen molar-refractivity contribution in [1.29, 1.82) is 0 Å². The van der Waals surface area contributed by atoms with Gasteiger partial charge in [0.25, 0.3) is 11.8 Å². The van der Waals surface area contributed by atoms with Gasteiger partial charge in [0.15, 0.2) is 0 Å². The summed E-state index contributed by atoms with van der Waals surface area (Å²) in [5.41, 5.74) is 17.7. The number of hydrogen-bond acceptors (Lipinski definition) is 10. The van der Waals surface area contributed by atoms with E-state index in [0.717, 1.165) is 35.1 Å². The fraction of sp³-hybridized carbons (Fsp3) is 0.432. The fourth-order valence-corrected chi connectivity index (χ4v) is 7.19. The molecule has 0 bridgehead atoms. The highest BCUT2D eigenvalue weighted by molar-refractivity contribution is 6.17. The third kappa shape index (κ3) is 7.80. The Hall–Kier alpha value is -4.85. The van der Waals surface area contributed by atoms with Crippen molar-refractivity contribution >= 4 is 23.4 Å². The lowest BCUT2D eigenvalue weighted by Crippen LogP contribution is -2.55. The second kappa shape index (κ2) is 15.4. The molecule has 3 atom stereocenters. The molecule has 262 valence electrons. The van der Waals surface area contributed by atoms with Crippen molar-refractivity contribution in [2.45, 2.75) is 71.0 Å². The zero-order chi connectivity index (χ0) is 35.4. The summed E-state index contributed by atoms with van der Waals surface area (Å²) in [6.07, 6.45) is 5.06. The number of imide groups is 1. The van der Waals surface area contributed by atoms with Gasteiger partial charge in [0, 0.05) is 48.4 Å². The molecule has 1 aliphatic heterocycles. The minimum Gasteiger partial charge on any atom is -0.334 e. The molecule has 2 aromatic heterocycles. The number of carbonyl (C=O) groups is 3. The summed E-state index contributed by atoms with van der Waals surface area (Å²) < 4.78 is 0. The van der Waals surface area contributed by atoms with Crippen LogP contribution in [0.3, 0.4) is 0 Å². The van der Waals surface area contributed by atoms with Crippen LogP contribution in [-0.4, -0.2) is 86.0 Å². The lowest BCUT2D eigenvalue weighted by atomic mass is 9.81. The number of pyridine rings is 1. The lowest BCUT2D eigenvalue weighted by Gasteiger charge is -2.36. The van der Waals surface area contributed by atoms with Gasteiger partial charge < -0.3 is 21.7 Å². The van der Waals surface area contributed by atoms with Gasteiger partial charge in [-0.3, -0.25) is 19.4 Å². The highest BCUT2D eigenvalue weighted by atomic mass is 16.2. The molecule has 2 aliphatic rings. The number of rotatable bonds is 9. The number of H-pyrrole nitrogens is 1. The number of nitrogens with zero attached hydrogens (tertiary/aromatic N) is 6. The van der Waals surface area contributed by atoms with Gasteiger partial charge in [-0.15, -0.1) is 10.2 Å². The molecule has 2 unspecified atom stereocenters. The van der Waals surface area contributed by atoms with Crippen LogP contribution in [0.15, 0.2) is 60.8 Å². The molecular weight excluding hydrogens is 632 g/mol. The molecule has 13 nitrogen and oxygen atoms in total. The molecule has 50 heavy (non-hydrogen) atoms. The molecule has 6 rings (SSSR count). The van der Waals surface area contributed by atoms with Gasteiger partial charge >= 0.3 is 0 Å². The molecule has 2 fully saturated rings. The summed E-state index contributed by atoms with van der Waals surface area (Å²) in [6, 6.07) is 16.1. The molecule has 0 radical (unpaired) electrons. The third-order valence-corrected chi connectivity index (χ3v) is 9.91. The first-order valence-corrected chi connectivity index (χ1v) is 17.4. The van der Waals surface area contributed by atoms with Crippen LogP contribution in [0.25, 0.3) is 22.5 Å². The van der Waals surface area contributed by atoms with Crippen LogP contribution in [0.4, 0.5) is 5.69 Å². The number of hydrogen-bond donors (Lipinski definition) is 4. The summed E-state index contributed by atoms with van der Waals surface area (Å²) in [5.74, 6) is -0.237. The van der Waals surface area contributed by atoms with E-state index in [9.17, 15) is 14.4 Å². The van der Waals surface area contributed by atoms with Gasteiger partial charge in [0.2, 0.25) is 11.7 Å². The SMILES string of the molecule is Cc1cc(C(=O)N2CC(C)NC(C)C2)ncc1-c1ccc(C[C@H](N)C(=O)N(C(=O)C2CCC(CN)CC2)c2ccc(-c3nn[nH]n3)cc2)cc1. The number of carbonyl (C=O) groups excluding carboxylic acids is 3. The van der Waals surface area contributed by atoms with Crippen molar-refractivity contribution in [2.75, 3.05) is 24.5 Å². The normalized spacial score (nSPS) is 21.4. The highest BCUT2D eigenvalue weighted by Crippen LogP contribution is 2.32. The minimum atomic E-state index is -0.953. The Morgan fingerprint density at radius 1 is 0.960 bits per heavy atom. The number of anilines is 1. The Labute approximate surface area is 292 Å². The van der Waals surface area contributed by atoms with Crippen molar-refractivity contribution in [3.05, 3.63) is 77.6 Å². The zero-order valence-electron chi connectivity index (χ0n) is 28.9. The first-order chi connectivity index (χ1) is 24.1. The number of aryl methyl sites for hydroxylation is 1. The topological polar surface area (TPSA) is 189 Å². The third-order valence-electron chi connectivity index (χ3n) is 9.91. The maximum atomic E-state index is 14.0. The maximum absolute atomic E-state index is 14.0. The van der Waals surface area contributed by atoms with Gasteiger partial charge in [-0.2, -0.15) is 5.21 Å². The van der Waals surface area contributed by atoms with Crippen LogP contribution in [0.2, 0.25) is 0 Å². The fourth-order valence-electron chi connectivity index (χ4n) is 7.19. The molecule has 13 heteroatoms. The van der Waals surface area contributed by atoms with E-state index < -0.39 is 11.9 Å². The molecule has 2 aromatic carbocycles. The number of tetrazole rings is 1. The lowest BCUT2D eigenvalue weighted by molar-refractivity contribution is -0.130. The molecular formula is C37H46N10O3. The molecule has 1 saturated heterocycles. The predicted molar refractivity (Wildman–Crippen MR) is 191 cm³/mol. The van der Waals surface area contributed by atoms with E-state index in [1.54, 1.807) is 30.5 Å². The van der Waals surface area contributed by atoms with Crippen LogP contribution < -0.4 is 21.7 Å². The summed E-state index contributed by atoms with van der Waals surface area (Å²) >= 11 is 0. The molecule has 1 aliphatic carbocycles. The van der Waals surface area contributed by atoms with Crippen molar-refractivity contribution in [3.8, 4) is 22.5 Å². The van der Waals surface area contributed by atoms with Crippen LogP contribution in [-0.2, 0) is 16.0 Å². The summed E-state index contributed by atoms with van der Waals surface area (Å²) in [6.45, 7) is 8.02. The number of aromatic nitrogens is 5. The van der Waals surface area contributed by atoms with E-state index in [4.69, 9.17) is 11.5 Å². The molecule has 6 N–H and O–H groups in total. The first kappa shape index (κ1) is 35.0. The van der Waals surface area contributed by atoms with E-state index in [2.05, 4.69) is 44.8 Å². The number of amides is 3. The maximum Gasteiger partial charge on any atom is 0.272 e. The molecule has 3 amide bonds. The minimum absolute atomic E-state index is 0.0625. The van der Waals surface area contributed by atoms with E-state index in [1.807, 2.05) is 42.2 Å². The van der Waals surface area contributed by atoms with Gasteiger partial charge in [0.1, 0.15) is 5.69 Å². The Morgan fingerprint density at radius 3 is 2.22 bits per heavy atom. The second-order valence-corrected chi connectivity index (χ2v) is 13.8.